The van der Waals surface area contributed by atoms with E-state index in [2.05, 4.69) is 17.2 Å². The first-order chi connectivity index (χ1) is 9.74. The van der Waals surface area contributed by atoms with E-state index >= 15 is 0 Å². The highest BCUT2D eigenvalue weighted by Gasteiger charge is 2.35. The molecular formula is C14H23N3O4. The van der Waals surface area contributed by atoms with Crippen LogP contribution in [0.5, 0.6) is 0 Å². The summed E-state index contributed by atoms with van der Waals surface area (Å²) in [5.41, 5.74) is -0.558. The molecule has 0 bridgehead atoms. The Kier molecular flexibility index (Phi) is 5.75. The van der Waals surface area contributed by atoms with Crippen LogP contribution in [0.4, 0.5) is 4.79 Å². The molecule has 7 nitrogen and oxygen atoms in total. The Balaban J connectivity index is 2.24. The fourth-order valence-electron chi connectivity index (χ4n) is 1.91. The highest BCUT2D eigenvalue weighted by molar-refractivity contribution is 6.01. The molecule has 1 fully saturated rings. The van der Waals surface area contributed by atoms with Crippen molar-refractivity contribution in [3.8, 4) is 0 Å². The number of hydrogen-bond donors (Lipinski definition) is 2. The zero-order valence-corrected chi connectivity index (χ0v) is 12.8. The summed E-state index contributed by atoms with van der Waals surface area (Å²) in [4.78, 5) is 36.4. The van der Waals surface area contributed by atoms with E-state index in [-0.39, 0.29) is 24.9 Å². The summed E-state index contributed by atoms with van der Waals surface area (Å²) in [6, 6.07) is 0. The molecule has 7 heteroatoms. The molecule has 0 aliphatic carbocycles. The van der Waals surface area contributed by atoms with Crippen molar-refractivity contribution in [2.24, 2.45) is 5.92 Å². The third-order valence-electron chi connectivity index (χ3n) is 2.87. The van der Waals surface area contributed by atoms with Crippen molar-refractivity contribution in [3.63, 3.8) is 0 Å². The van der Waals surface area contributed by atoms with Gasteiger partial charge < -0.3 is 20.3 Å². The average molecular weight is 297 g/mol. The summed E-state index contributed by atoms with van der Waals surface area (Å²) >= 11 is 0. The molecule has 1 heterocycles. The highest BCUT2D eigenvalue weighted by Crippen LogP contribution is 2.17. The van der Waals surface area contributed by atoms with Crippen molar-refractivity contribution in [3.05, 3.63) is 12.8 Å². The van der Waals surface area contributed by atoms with E-state index in [4.69, 9.17) is 4.74 Å². The summed E-state index contributed by atoms with van der Waals surface area (Å²) in [7, 11) is 0. The van der Waals surface area contributed by atoms with Crippen molar-refractivity contribution >= 4 is 17.9 Å². The lowest BCUT2D eigenvalue weighted by Crippen LogP contribution is -2.41. The first-order valence-electron chi connectivity index (χ1n) is 6.92. The Morgan fingerprint density at radius 3 is 2.52 bits per heavy atom. The summed E-state index contributed by atoms with van der Waals surface area (Å²) in [5, 5.41) is 5.16. The van der Waals surface area contributed by atoms with Crippen LogP contribution in [-0.2, 0) is 14.3 Å². The van der Waals surface area contributed by atoms with Crippen molar-refractivity contribution in [2.75, 3.05) is 19.6 Å². The predicted molar refractivity (Wildman–Crippen MR) is 77.3 cm³/mol. The molecule has 3 amide bonds. The maximum absolute atomic E-state index is 11.9. The number of ether oxygens (including phenoxy) is 1. The van der Waals surface area contributed by atoms with Crippen molar-refractivity contribution < 1.29 is 19.1 Å². The molecule has 0 aromatic carbocycles. The van der Waals surface area contributed by atoms with Crippen LogP contribution in [0, 0.1) is 5.92 Å². The third kappa shape index (κ3) is 5.45. The van der Waals surface area contributed by atoms with Gasteiger partial charge in [-0.15, -0.1) is 0 Å². The van der Waals surface area contributed by atoms with Crippen molar-refractivity contribution in [1.29, 1.82) is 0 Å². The van der Waals surface area contributed by atoms with Crippen LogP contribution >= 0.6 is 0 Å². The largest absolute Gasteiger partial charge is 0.444 e. The lowest BCUT2D eigenvalue weighted by molar-refractivity contribution is -0.136. The van der Waals surface area contributed by atoms with Crippen LogP contribution < -0.4 is 10.6 Å². The molecule has 1 aliphatic rings. The maximum Gasteiger partial charge on any atom is 0.407 e. The van der Waals surface area contributed by atoms with Gasteiger partial charge in [-0.2, -0.15) is 0 Å². The fraction of sp³-hybridized carbons (Fsp3) is 0.643. The molecule has 1 aliphatic heterocycles. The van der Waals surface area contributed by atoms with E-state index in [1.54, 1.807) is 20.8 Å². The molecule has 0 radical (unpaired) electrons. The predicted octanol–water partition coefficient (Wildman–Crippen LogP) is 0.619. The number of hydrogen-bond acceptors (Lipinski definition) is 4. The number of nitrogens with zero attached hydrogens (tertiary/aromatic N) is 1. The van der Waals surface area contributed by atoms with Gasteiger partial charge in [-0.25, -0.2) is 4.79 Å². The molecule has 2 N–H and O–H groups in total. The van der Waals surface area contributed by atoms with E-state index in [0.29, 0.717) is 13.0 Å². The standard InChI is InChI=1S/C14H23N3O4/c1-5-17-9-6-10(12(17)19)11(18)15-7-8-16-13(20)21-14(2,3)4/h5,10H,1,6-9H2,2-4H3,(H,15,18)(H,16,20). The zero-order valence-electron chi connectivity index (χ0n) is 12.8. The second-order valence-corrected chi connectivity index (χ2v) is 5.78. The van der Waals surface area contributed by atoms with E-state index in [1.165, 1.54) is 11.1 Å². The van der Waals surface area contributed by atoms with Gasteiger partial charge in [-0.05, 0) is 33.4 Å². The quantitative estimate of drug-likeness (QED) is 0.575. The number of carbonyl (C=O) groups excluding carboxylic acids is 3. The van der Waals surface area contributed by atoms with Crippen LogP contribution in [0.25, 0.3) is 0 Å². The van der Waals surface area contributed by atoms with Gasteiger partial charge in [0, 0.05) is 19.6 Å². The summed E-state index contributed by atoms with van der Waals surface area (Å²) in [6.07, 6.45) is 1.38. The minimum atomic E-state index is -0.662. The molecule has 1 unspecified atom stereocenters. The minimum absolute atomic E-state index is 0.234. The maximum atomic E-state index is 11.9. The lowest BCUT2D eigenvalue weighted by Gasteiger charge is -2.19. The van der Waals surface area contributed by atoms with Crippen LogP contribution in [0.2, 0.25) is 0 Å². The monoisotopic (exact) mass is 297 g/mol. The topological polar surface area (TPSA) is 87.7 Å². The van der Waals surface area contributed by atoms with Crippen molar-refractivity contribution in [2.45, 2.75) is 32.8 Å². The van der Waals surface area contributed by atoms with Gasteiger partial charge in [0.05, 0.1) is 0 Å². The molecule has 0 saturated carbocycles. The van der Waals surface area contributed by atoms with E-state index in [0.717, 1.165) is 0 Å². The van der Waals surface area contributed by atoms with E-state index in [1.807, 2.05) is 0 Å². The van der Waals surface area contributed by atoms with Gasteiger partial charge in [-0.3, -0.25) is 9.59 Å². The molecule has 0 spiro atoms. The molecule has 118 valence electrons. The van der Waals surface area contributed by atoms with E-state index in [9.17, 15) is 14.4 Å². The number of likely N-dealkylation sites (tertiary alicyclic amines) is 1. The number of carbonyl (C=O) groups is 3. The number of amides is 3. The van der Waals surface area contributed by atoms with E-state index < -0.39 is 17.6 Å². The molecular weight excluding hydrogens is 274 g/mol. The first kappa shape index (κ1) is 17.0. The van der Waals surface area contributed by atoms with Gasteiger partial charge in [0.15, 0.2) is 0 Å². The molecule has 0 aromatic rings. The second kappa shape index (κ2) is 7.10. The third-order valence-corrected chi connectivity index (χ3v) is 2.87. The summed E-state index contributed by atoms with van der Waals surface area (Å²) < 4.78 is 5.06. The summed E-state index contributed by atoms with van der Waals surface area (Å²) in [6.45, 7) is 9.83. The molecule has 0 aromatic heterocycles. The zero-order chi connectivity index (χ0) is 16.0. The van der Waals surface area contributed by atoms with Crippen LogP contribution in [-0.4, -0.2) is 48.0 Å². The molecule has 1 atom stereocenters. The second-order valence-electron chi connectivity index (χ2n) is 5.78. The van der Waals surface area contributed by atoms with Gasteiger partial charge in [0.2, 0.25) is 11.8 Å². The SMILES string of the molecule is C=CN1CCC(C(=O)NCCNC(=O)OC(C)(C)C)C1=O. The van der Waals surface area contributed by atoms with Crippen LogP contribution in [0.1, 0.15) is 27.2 Å². The first-order valence-corrected chi connectivity index (χ1v) is 6.92. The Morgan fingerprint density at radius 1 is 1.38 bits per heavy atom. The number of alkyl carbamates (subject to hydrolysis) is 1. The van der Waals surface area contributed by atoms with Gasteiger partial charge in [0.1, 0.15) is 11.5 Å². The fourth-order valence-corrected chi connectivity index (χ4v) is 1.91. The Hall–Kier alpha value is -2.05. The van der Waals surface area contributed by atoms with Gasteiger partial charge >= 0.3 is 6.09 Å². The van der Waals surface area contributed by atoms with Crippen LogP contribution in [0.3, 0.4) is 0 Å². The molecule has 1 saturated heterocycles. The van der Waals surface area contributed by atoms with Gasteiger partial charge in [0.25, 0.3) is 0 Å². The van der Waals surface area contributed by atoms with Crippen LogP contribution in [0.15, 0.2) is 12.8 Å². The lowest BCUT2D eigenvalue weighted by atomic mass is 10.1. The Labute approximate surface area is 124 Å². The number of rotatable bonds is 5. The average Bonchev–Trinajstić information content (AvgIpc) is 2.73. The summed E-state index contributed by atoms with van der Waals surface area (Å²) in [5.74, 6) is -1.22. The Morgan fingerprint density at radius 2 is 2.00 bits per heavy atom. The molecule has 21 heavy (non-hydrogen) atoms. The van der Waals surface area contributed by atoms with Crippen molar-refractivity contribution in [1.82, 2.24) is 15.5 Å². The highest BCUT2D eigenvalue weighted by atomic mass is 16.6. The minimum Gasteiger partial charge on any atom is -0.444 e. The Bertz CT molecular complexity index is 428. The smallest absolute Gasteiger partial charge is 0.407 e. The number of nitrogens with one attached hydrogen (secondary N) is 2. The molecule has 1 rings (SSSR count). The normalized spacial score (nSPS) is 18.3. The van der Waals surface area contributed by atoms with Gasteiger partial charge in [-0.1, -0.05) is 6.58 Å².